The van der Waals surface area contributed by atoms with Gasteiger partial charge in [0.2, 0.25) is 0 Å². The number of aromatic nitrogens is 1. The summed E-state index contributed by atoms with van der Waals surface area (Å²) in [5.41, 5.74) is 1.85. The molecular formula is C9H10ClNO. The van der Waals surface area contributed by atoms with Crippen LogP contribution in [0.3, 0.4) is 0 Å². The zero-order valence-corrected chi connectivity index (χ0v) is 7.54. The Morgan fingerprint density at radius 3 is 3.00 bits per heavy atom. The van der Waals surface area contributed by atoms with E-state index in [1.807, 2.05) is 13.0 Å². The van der Waals surface area contributed by atoms with Crippen molar-refractivity contribution in [1.29, 1.82) is 0 Å². The molecule has 2 nitrogen and oxygen atoms in total. The average Bonchev–Trinajstić information content (AvgIpc) is 2.03. The molecule has 0 aliphatic heterocycles. The molecule has 0 aliphatic rings. The van der Waals surface area contributed by atoms with E-state index in [9.17, 15) is 0 Å². The van der Waals surface area contributed by atoms with Gasteiger partial charge < -0.3 is 5.11 Å². The number of halogens is 1. The lowest BCUT2D eigenvalue weighted by Gasteiger charge is -1.98. The number of rotatable bonds is 2. The van der Waals surface area contributed by atoms with Gasteiger partial charge in [-0.2, -0.15) is 0 Å². The van der Waals surface area contributed by atoms with Crippen LogP contribution in [0.1, 0.15) is 11.3 Å². The van der Waals surface area contributed by atoms with Crippen molar-refractivity contribution in [2.45, 2.75) is 6.92 Å². The average molecular weight is 184 g/mol. The molecule has 1 aromatic rings. The summed E-state index contributed by atoms with van der Waals surface area (Å²) < 4.78 is 0. The first-order valence-electron chi connectivity index (χ1n) is 3.63. The van der Waals surface area contributed by atoms with Crippen molar-refractivity contribution < 1.29 is 5.11 Å². The van der Waals surface area contributed by atoms with Crippen molar-refractivity contribution in [1.82, 2.24) is 4.98 Å². The van der Waals surface area contributed by atoms with E-state index < -0.39 is 0 Å². The fourth-order valence-corrected chi connectivity index (χ4v) is 1.10. The fourth-order valence-electron chi connectivity index (χ4n) is 0.890. The van der Waals surface area contributed by atoms with Gasteiger partial charge in [0.15, 0.2) is 0 Å². The smallest absolute Gasteiger partial charge is 0.0657 e. The minimum atomic E-state index is 0.0315. The van der Waals surface area contributed by atoms with Crippen LogP contribution in [0.25, 0.3) is 6.08 Å². The van der Waals surface area contributed by atoms with Crippen LogP contribution in [0.2, 0.25) is 5.02 Å². The van der Waals surface area contributed by atoms with Gasteiger partial charge in [0.05, 0.1) is 17.3 Å². The van der Waals surface area contributed by atoms with Gasteiger partial charge in [0, 0.05) is 6.20 Å². The van der Waals surface area contributed by atoms with E-state index in [0.717, 1.165) is 11.3 Å². The molecule has 1 N–H and O–H groups in total. The third-order valence-electron chi connectivity index (χ3n) is 1.47. The Bertz CT molecular complexity index is 297. The minimum Gasteiger partial charge on any atom is -0.392 e. The predicted molar refractivity (Wildman–Crippen MR) is 50.1 cm³/mol. The van der Waals surface area contributed by atoms with Crippen LogP contribution < -0.4 is 0 Å². The molecule has 0 amide bonds. The summed E-state index contributed by atoms with van der Waals surface area (Å²) in [6, 6.07) is 1.84. The molecule has 0 aromatic carbocycles. The fraction of sp³-hybridized carbons (Fsp3) is 0.222. The maximum absolute atomic E-state index is 8.53. The lowest BCUT2D eigenvalue weighted by molar-refractivity contribution is 0.343. The van der Waals surface area contributed by atoms with Crippen molar-refractivity contribution in [2.75, 3.05) is 6.61 Å². The monoisotopic (exact) mass is 183 g/mol. The molecule has 1 heterocycles. The maximum atomic E-state index is 8.53. The first kappa shape index (κ1) is 9.23. The molecule has 0 fully saturated rings. The van der Waals surface area contributed by atoms with Crippen molar-refractivity contribution >= 4 is 17.7 Å². The second-order valence-electron chi connectivity index (χ2n) is 2.44. The van der Waals surface area contributed by atoms with Crippen LogP contribution in [0.4, 0.5) is 0 Å². The number of aliphatic hydroxyl groups is 1. The third-order valence-corrected chi connectivity index (χ3v) is 1.67. The van der Waals surface area contributed by atoms with Crippen molar-refractivity contribution in [3.63, 3.8) is 0 Å². The Kier molecular flexibility index (Phi) is 3.26. The van der Waals surface area contributed by atoms with Gasteiger partial charge in [0.1, 0.15) is 0 Å². The zero-order valence-electron chi connectivity index (χ0n) is 6.79. The van der Waals surface area contributed by atoms with Gasteiger partial charge in [-0.3, -0.25) is 4.98 Å². The van der Waals surface area contributed by atoms with Crippen LogP contribution in [0, 0.1) is 6.92 Å². The minimum absolute atomic E-state index is 0.0315. The Hall–Kier alpha value is -0.860. The van der Waals surface area contributed by atoms with Crippen molar-refractivity contribution in [3.05, 3.63) is 34.6 Å². The van der Waals surface area contributed by atoms with Gasteiger partial charge in [-0.15, -0.1) is 0 Å². The van der Waals surface area contributed by atoms with Crippen LogP contribution in [0.15, 0.2) is 18.3 Å². The van der Waals surface area contributed by atoms with E-state index in [-0.39, 0.29) is 6.61 Å². The normalized spacial score (nSPS) is 10.9. The lowest BCUT2D eigenvalue weighted by Crippen LogP contribution is -1.86. The van der Waals surface area contributed by atoms with Gasteiger partial charge in [0.25, 0.3) is 0 Å². The van der Waals surface area contributed by atoms with E-state index in [0.29, 0.717) is 5.02 Å². The quantitative estimate of drug-likeness (QED) is 0.762. The van der Waals surface area contributed by atoms with Crippen molar-refractivity contribution in [2.24, 2.45) is 0 Å². The highest BCUT2D eigenvalue weighted by Crippen LogP contribution is 2.12. The zero-order chi connectivity index (χ0) is 8.97. The summed E-state index contributed by atoms with van der Waals surface area (Å²) in [6.45, 7) is 1.96. The standard InChI is InChI=1S/C9H10ClNO/c1-7-5-8(10)6-11-9(7)3-2-4-12/h2-3,5-6,12H,4H2,1H3. The number of hydrogen-bond donors (Lipinski definition) is 1. The molecule has 0 spiro atoms. The van der Waals surface area contributed by atoms with E-state index in [2.05, 4.69) is 4.98 Å². The topological polar surface area (TPSA) is 33.1 Å². The summed E-state index contributed by atoms with van der Waals surface area (Å²) in [5, 5.41) is 9.17. The molecule has 0 bridgehead atoms. The van der Waals surface area contributed by atoms with Crippen LogP contribution >= 0.6 is 11.6 Å². The van der Waals surface area contributed by atoms with E-state index in [1.54, 1.807) is 18.3 Å². The van der Waals surface area contributed by atoms with E-state index in [1.165, 1.54) is 0 Å². The van der Waals surface area contributed by atoms with Gasteiger partial charge in [-0.1, -0.05) is 17.7 Å². The molecule has 0 atom stereocenters. The summed E-state index contributed by atoms with van der Waals surface area (Å²) in [7, 11) is 0. The Morgan fingerprint density at radius 1 is 1.67 bits per heavy atom. The SMILES string of the molecule is Cc1cc(Cl)cnc1C=CCO. The van der Waals surface area contributed by atoms with Crippen molar-refractivity contribution in [3.8, 4) is 0 Å². The molecule has 0 unspecified atom stereocenters. The summed E-state index contributed by atoms with van der Waals surface area (Å²) in [4.78, 5) is 4.09. The second kappa shape index (κ2) is 4.24. The maximum Gasteiger partial charge on any atom is 0.0657 e. The number of hydrogen-bond acceptors (Lipinski definition) is 2. The number of pyridine rings is 1. The van der Waals surface area contributed by atoms with Gasteiger partial charge >= 0.3 is 0 Å². The lowest BCUT2D eigenvalue weighted by atomic mass is 10.2. The second-order valence-corrected chi connectivity index (χ2v) is 2.88. The molecule has 1 aromatic heterocycles. The first-order valence-corrected chi connectivity index (χ1v) is 4.01. The molecule has 64 valence electrons. The largest absolute Gasteiger partial charge is 0.392 e. The molecular weight excluding hydrogens is 174 g/mol. The van der Waals surface area contributed by atoms with Crippen LogP contribution in [-0.4, -0.2) is 16.7 Å². The number of aryl methyl sites for hydroxylation is 1. The summed E-state index contributed by atoms with van der Waals surface area (Å²) >= 11 is 5.72. The molecule has 0 saturated carbocycles. The number of nitrogens with zero attached hydrogens (tertiary/aromatic N) is 1. The highest BCUT2D eigenvalue weighted by molar-refractivity contribution is 6.30. The molecule has 1 rings (SSSR count). The molecule has 0 radical (unpaired) electrons. The molecule has 0 aliphatic carbocycles. The van der Waals surface area contributed by atoms with Crippen LogP contribution in [0.5, 0.6) is 0 Å². The van der Waals surface area contributed by atoms with E-state index >= 15 is 0 Å². The molecule has 0 saturated heterocycles. The first-order chi connectivity index (χ1) is 5.74. The van der Waals surface area contributed by atoms with Gasteiger partial charge in [-0.05, 0) is 24.6 Å². The summed E-state index contributed by atoms with van der Waals surface area (Å²) in [5.74, 6) is 0. The Labute approximate surface area is 76.5 Å². The Balaban J connectivity index is 2.94. The van der Waals surface area contributed by atoms with Gasteiger partial charge in [-0.25, -0.2) is 0 Å². The molecule has 12 heavy (non-hydrogen) atoms. The Morgan fingerprint density at radius 2 is 2.42 bits per heavy atom. The number of aliphatic hydroxyl groups excluding tert-OH is 1. The highest BCUT2D eigenvalue weighted by atomic mass is 35.5. The third kappa shape index (κ3) is 2.32. The molecule has 3 heteroatoms. The van der Waals surface area contributed by atoms with E-state index in [4.69, 9.17) is 16.7 Å². The predicted octanol–water partition coefficient (Wildman–Crippen LogP) is 2.05. The van der Waals surface area contributed by atoms with Crippen LogP contribution in [-0.2, 0) is 0 Å². The summed E-state index contributed by atoms with van der Waals surface area (Å²) in [6.07, 6.45) is 5.00. The highest BCUT2D eigenvalue weighted by Gasteiger charge is 1.95.